The van der Waals surface area contributed by atoms with Gasteiger partial charge in [0.2, 0.25) is 0 Å². The summed E-state index contributed by atoms with van der Waals surface area (Å²) < 4.78 is 1.14. The summed E-state index contributed by atoms with van der Waals surface area (Å²) >= 11 is 8.71. The number of benzene rings is 2. The Kier molecular flexibility index (Phi) is 4.45. The molecule has 0 fully saturated rings. The third-order valence-electron chi connectivity index (χ3n) is 3.24. The molecule has 20 heavy (non-hydrogen) atoms. The molecule has 0 heterocycles. The molecule has 4 heteroatoms. The standard InChI is InChI=1S/C16H17BrN2S/c1-9-5-4-6-13(16(18)20)15(9)19-12-7-10(2)14(17)11(3)8-12/h4-8,19H,1-3H3,(H2,18,20). The number of halogens is 1. The van der Waals surface area contributed by atoms with Gasteiger partial charge in [-0.1, -0.05) is 40.3 Å². The van der Waals surface area contributed by atoms with Gasteiger partial charge in [0.25, 0.3) is 0 Å². The fourth-order valence-electron chi connectivity index (χ4n) is 2.20. The zero-order chi connectivity index (χ0) is 14.9. The lowest BCUT2D eigenvalue weighted by Crippen LogP contribution is -2.12. The van der Waals surface area contributed by atoms with E-state index in [0.717, 1.165) is 27.0 Å². The topological polar surface area (TPSA) is 38.0 Å². The van der Waals surface area contributed by atoms with Crippen molar-refractivity contribution in [1.29, 1.82) is 0 Å². The van der Waals surface area contributed by atoms with Crippen LogP contribution in [0.2, 0.25) is 0 Å². The van der Waals surface area contributed by atoms with Crippen molar-refractivity contribution in [2.75, 3.05) is 5.32 Å². The SMILES string of the molecule is Cc1cc(Nc2c(C)cccc2C(N)=S)cc(C)c1Br. The van der Waals surface area contributed by atoms with Crippen LogP contribution in [0.15, 0.2) is 34.8 Å². The first-order valence-corrected chi connectivity index (χ1v) is 7.53. The van der Waals surface area contributed by atoms with Gasteiger partial charge in [0.1, 0.15) is 4.99 Å². The Hall–Kier alpha value is -1.39. The van der Waals surface area contributed by atoms with Crippen LogP contribution in [0.3, 0.4) is 0 Å². The monoisotopic (exact) mass is 348 g/mol. The lowest BCUT2D eigenvalue weighted by atomic mass is 10.1. The highest BCUT2D eigenvalue weighted by Gasteiger charge is 2.09. The summed E-state index contributed by atoms with van der Waals surface area (Å²) in [5, 5.41) is 3.44. The zero-order valence-corrected chi connectivity index (χ0v) is 14.2. The Bertz CT molecular complexity index is 657. The van der Waals surface area contributed by atoms with Crippen molar-refractivity contribution in [1.82, 2.24) is 0 Å². The predicted octanol–water partition coefficient (Wildman–Crippen LogP) is 4.75. The van der Waals surface area contributed by atoms with E-state index in [0.29, 0.717) is 4.99 Å². The molecule has 2 aromatic carbocycles. The van der Waals surface area contributed by atoms with Crippen LogP contribution in [0.25, 0.3) is 0 Å². The van der Waals surface area contributed by atoms with Crippen molar-refractivity contribution in [3.63, 3.8) is 0 Å². The van der Waals surface area contributed by atoms with Gasteiger partial charge in [-0.3, -0.25) is 0 Å². The molecule has 0 radical (unpaired) electrons. The molecule has 0 aliphatic heterocycles. The van der Waals surface area contributed by atoms with Gasteiger partial charge in [-0.15, -0.1) is 0 Å². The largest absolute Gasteiger partial charge is 0.389 e. The molecule has 2 aromatic rings. The molecule has 0 saturated heterocycles. The number of anilines is 2. The van der Waals surface area contributed by atoms with Crippen molar-refractivity contribution in [2.45, 2.75) is 20.8 Å². The number of nitrogens with one attached hydrogen (secondary N) is 1. The summed E-state index contributed by atoms with van der Waals surface area (Å²) in [5.41, 5.74) is 12.2. The molecule has 0 saturated carbocycles. The van der Waals surface area contributed by atoms with Crippen LogP contribution in [0.4, 0.5) is 11.4 Å². The second-order valence-corrected chi connectivity index (χ2v) is 6.14. The molecular weight excluding hydrogens is 332 g/mol. The van der Waals surface area contributed by atoms with E-state index in [1.165, 1.54) is 11.1 Å². The Morgan fingerprint density at radius 3 is 2.25 bits per heavy atom. The number of hydrogen-bond donors (Lipinski definition) is 2. The third kappa shape index (κ3) is 3.02. The number of para-hydroxylation sites is 1. The summed E-state index contributed by atoms with van der Waals surface area (Å²) in [6.07, 6.45) is 0. The van der Waals surface area contributed by atoms with Crippen molar-refractivity contribution >= 4 is 44.5 Å². The second-order valence-electron chi connectivity index (χ2n) is 4.91. The van der Waals surface area contributed by atoms with Gasteiger partial charge in [0.15, 0.2) is 0 Å². The molecule has 3 N–H and O–H groups in total. The summed E-state index contributed by atoms with van der Waals surface area (Å²) in [6.45, 7) is 6.20. The maximum Gasteiger partial charge on any atom is 0.106 e. The van der Waals surface area contributed by atoms with Crippen LogP contribution in [0.5, 0.6) is 0 Å². The maximum absolute atomic E-state index is 5.80. The second kappa shape index (κ2) is 5.94. The minimum Gasteiger partial charge on any atom is -0.389 e. The predicted molar refractivity (Wildman–Crippen MR) is 94.0 cm³/mol. The van der Waals surface area contributed by atoms with Gasteiger partial charge < -0.3 is 11.1 Å². The quantitative estimate of drug-likeness (QED) is 0.785. The molecule has 0 spiro atoms. The van der Waals surface area contributed by atoms with Crippen molar-refractivity contribution in [3.8, 4) is 0 Å². The van der Waals surface area contributed by atoms with Gasteiger partial charge in [-0.2, -0.15) is 0 Å². The summed E-state index contributed by atoms with van der Waals surface area (Å²) in [4.78, 5) is 0.404. The van der Waals surface area contributed by atoms with E-state index >= 15 is 0 Å². The molecule has 2 nitrogen and oxygen atoms in total. The van der Waals surface area contributed by atoms with Crippen molar-refractivity contribution in [2.24, 2.45) is 5.73 Å². The van der Waals surface area contributed by atoms with Crippen LogP contribution in [-0.2, 0) is 0 Å². The van der Waals surface area contributed by atoms with E-state index in [9.17, 15) is 0 Å². The minimum atomic E-state index is 0.404. The highest BCUT2D eigenvalue weighted by molar-refractivity contribution is 9.10. The van der Waals surface area contributed by atoms with E-state index in [4.69, 9.17) is 18.0 Å². The normalized spacial score (nSPS) is 10.4. The Balaban J connectivity index is 2.47. The smallest absolute Gasteiger partial charge is 0.106 e. The lowest BCUT2D eigenvalue weighted by Gasteiger charge is -2.16. The number of aryl methyl sites for hydroxylation is 3. The van der Waals surface area contributed by atoms with Gasteiger partial charge in [-0.05, 0) is 55.7 Å². The van der Waals surface area contributed by atoms with Crippen LogP contribution in [-0.4, -0.2) is 4.99 Å². The summed E-state index contributed by atoms with van der Waals surface area (Å²) in [7, 11) is 0. The van der Waals surface area contributed by atoms with Crippen LogP contribution >= 0.6 is 28.1 Å². The third-order valence-corrected chi connectivity index (χ3v) is 4.71. The van der Waals surface area contributed by atoms with Gasteiger partial charge in [0, 0.05) is 15.7 Å². The first-order valence-electron chi connectivity index (χ1n) is 6.33. The van der Waals surface area contributed by atoms with Gasteiger partial charge in [0.05, 0.1) is 5.69 Å². The molecule has 0 aromatic heterocycles. The van der Waals surface area contributed by atoms with Crippen LogP contribution < -0.4 is 11.1 Å². The number of nitrogens with two attached hydrogens (primary N) is 1. The highest BCUT2D eigenvalue weighted by atomic mass is 79.9. The fourth-order valence-corrected chi connectivity index (χ4v) is 2.60. The number of rotatable bonds is 3. The van der Waals surface area contributed by atoms with E-state index in [1.807, 2.05) is 25.1 Å². The van der Waals surface area contributed by atoms with Crippen LogP contribution in [0.1, 0.15) is 22.3 Å². The molecule has 0 bridgehead atoms. The van der Waals surface area contributed by atoms with Crippen LogP contribution in [0, 0.1) is 20.8 Å². The molecule has 0 atom stereocenters. The lowest BCUT2D eigenvalue weighted by molar-refractivity contribution is 1.33. The van der Waals surface area contributed by atoms with E-state index < -0.39 is 0 Å². The Morgan fingerprint density at radius 1 is 1.10 bits per heavy atom. The molecule has 0 aliphatic carbocycles. The van der Waals surface area contributed by atoms with Crippen molar-refractivity contribution < 1.29 is 0 Å². The Labute approximate surface area is 133 Å². The first kappa shape index (κ1) is 15.0. The molecule has 104 valence electrons. The van der Waals surface area contributed by atoms with E-state index in [-0.39, 0.29) is 0 Å². The molecule has 0 aliphatic rings. The van der Waals surface area contributed by atoms with Gasteiger partial charge >= 0.3 is 0 Å². The molecule has 0 unspecified atom stereocenters. The van der Waals surface area contributed by atoms with Crippen molar-refractivity contribution in [3.05, 3.63) is 57.1 Å². The summed E-state index contributed by atoms with van der Waals surface area (Å²) in [5.74, 6) is 0. The minimum absolute atomic E-state index is 0.404. The van der Waals surface area contributed by atoms with E-state index in [2.05, 4.69) is 47.2 Å². The van der Waals surface area contributed by atoms with E-state index in [1.54, 1.807) is 0 Å². The molecular formula is C16H17BrN2S. The average molecular weight is 349 g/mol. The van der Waals surface area contributed by atoms with Gasteiger partial charge in [-0.25, -0.2) is 0 Å². The highest BCUT2D eigenvalue weighted by Crippen LogP contribution is 2.29. The maximum atomic E-state index is 5.80. The fraction of sp³-hybridized carbons (Fsp3) is 0.188. The summed E-state index contributed by atoms with van der Waals surface area (Å²) in [6, 6.07) is 10.2. The average Bonchev–Trinajstić information content (AvgIpc) is 2.38. The molecule has 0 amide bonds. The number of hydrogen-bond acceptors (Lipinski definition) is 2. The number of thiocarbonyl (C=S) groups is 1. The molecule has 2 rings (SSSR count). The zero-order valence-electron chi connectivity index (χ0n) is 11.8. The Morgan fingerprint density at radius 2 is 1.70 bits per heavy atom. The first-order chi connectivity index (χ1) is 9.40.